The smallest absolute Gasteiger partial charge is 0.164 e. The third kappa shape index (κ3) is 3.30. The zero-order valence-corrected chi connectivity index (χ0v) is 14.3. The fraction of sp³-hybridized carbons (Fsp3) is 0.0455. The van der Waals surface area contributed by atoms with Gasteiger partial charge in [-0.2, -0.15) is 0 Å². The van der Waals surface area contributed by atoms with Gasteiger partial charge in [-0.15, -0.1) is 0 Å². The van der Waals surface area contributed by atoms with Crippen LogP contribution in [0.1, 0.15) is 0 Å². The molecule has 0 aliphatic carbocycles. The highest BCUT2D eigenvalue weighted by Gasteiger charge is 2.12. The third-order valence-corrected chi connectivity index (χ3v) is 4.03. The Hall–Kier alpha value is -3.53. The lowest BCUT2D eigenvalue weighted by atomic mass is 10.1. The van der Waals surface area contributed by atoms with Gasteiger partial charge in [-0.1, -0.05) is 72.8 Å². The summed E-state index contributed by atoms with van der Waals surface area (Å²) in [6.45, 7) is 0. The van der Waals surface area contributed by atoms with Gasteiger partial charge in [0.05, 0.1) is 7.11 Å². The molecule has 0 aliphatic rings. The van der Waals surface area contributed by atoms with Gasteiger partial charge in [0.25, 0.3) is 0 Å². The fourth-order valence-electron chi connectivity index (χ4n) is 2.70. The molecule has 4 aromatic rings. The number of hydrogen-bond donors (Lipinski definition) is 0. The molecule has 26 heavy (non-hydrogen) atoms. The fourth-order valence-corrected chi connectivity index (χ4v) is 2.70. The molecule has 0 unspecified atom stereocenters. The van der Waals surface area contributed by atoms with Gasteiger partial charge in [0.15, 0.2) is 17.5 Å². The Morgan fingerprint density at radius 2 is 1.00 bits per heavy atom. The Balaban J connectivity index is 1.90. The minimum Gasteiger partial charge on any atom is -0.497 e. The van der Waals surface area contributed by atoms with Crippen LogP contribution in [0.4, 0.5) is 0 Å². The lowest BCUT2D eigenvalue weighted by Gasteiger charge is -2.09. The second kappa shape index (κ2) is 7.15. The van der Waals surface area contributed by atoms with E-state index in [0.717, 1.165) is 22.4 Å². The standard InChI is InChI=1S/C22H17N3O/c1-26-19-14-8-13-18(15-19)22-24-20(16-9-4-2-5-10-16)23-21(25-22)17-11-6-3-7-12-17/h2-15H,1H3. The van der Waals surface area contributed by atoms with Crippen molar-refractivity contribution in [3.05, 3.63) is 84.9 Å². The number of methoxy groups -OCH3 is 1. The number of rotatable bonds is 4. The molecule has 0 saturated carbocycles. The van der Waals surface area contributed by atoms with Crippen molar-refractivity contribution < 1.29 is 4.74 Å². The zero-order valence-electron chi connectivity index (χ0n) is 14.3. The Morgan fingerprint density at radius 1 is 0.538 bits per heavy atom. The number of aromatic nitrogens is 3. The summed E-state index contributed by atoms with van der Waals surface area (Å²) >= 11 is 0. The minimum atomic E-state index is 0.622. The first kappa shape index (κ1) is 16.0. The van der Waals surface area contributed by atoms with E-state index in [1.807, 2.05) is 84.9 Å². The topological polar surface area (TPSA) is 47.9 Å². The summed E-state index contributed by atoms with van der Waals surface area (Å²) in [6, 6.07) is 27.6. The van der Waals surface area contributed by atoms with Crippen molar-refractivity contribution >= 4 is 0 Å². The second-order valence-corrected chi connectivity index (χ2v) is 5.77. The molecule has 1 aromatic heterocycles. The lowest BCUT2D eigenvalue weighted by Crippen LogP contribution is -2.00. The highest BCUT2D eigenvalue weighted by molar-refractivity contribution is 5.66. The molecule has 0 spiro atoms. The van der Waals surface area contributed by atoms with E-state index in [-0.39, 0.29) is 0 Å². The summed E-state index contributed by atoms with van der Waals surface area (Å²) in [5.74, 6) is 2.69. The summed E-state index contributed by atoms with van der Waals surface area (Å²) in [6.07, 6.45) is 0. The number of ether oxygens (including phenoxy) is 1. The van der Waals surface area contributed by atoms with Crippen LogP contribution < -0.4 is 4.74 Å². The van der Waals surface area contributed by atoms with Crippen LogP contribution in [0.3, 0.4) is 0 Å². The molecule has 1 heterocycles. The minimum absolute atomic E-state index is 0.622. The van der Waals surface area contributed by atoms with Crippen molar-refractivity contribution in [3.63, 3.8) is 0 Å². The molecule has 0 bridgehead atoms. The Labute approximate surface area is 152 Å². The van der Waals surface area contributed by atoms with Crippen molar-refractivity contribution in [2.75, 3.05) is 7.11 Å². The Bertz CT molecular complexity index is 960. The molecule has 0 atom stereocenters. The van der Waals surface area contributed by atoms with E-state index in [4.69, 9.17) is 14.7 Å². The van der Waals surface area contributed by atoms with Crippen LogP contribution in [0.25, 0.3) is 34.2 Å². The van der Waals surface area contributed by atoms with E-state index in [2.05, 4.69) is 4.98 Å². The quantitative estimate of drug-likeness (QED) is 0.531. The Kier molecular flexibility index (Phi) is 4.39. The van der Waals surface area contributed by atoms with E-state index in [1.165, 1.54) is 0 Å². The molecule has 4 nitrogen and oxygen atoms in total. The van der Waals surface area contributed by atoms with Gasteiger partial charge < -0.3 is 4.74 Å². The molecular formula is C22H17N3O. The predicted molar refractivity (Wildman–Crippen MR) is 103 cm³/mol. The molecule has 3 aromatic carbocycles. The van der Waals surface area contributed by atoms with Gasteiger partial charge in [-0.05, 0) is 12.1 Å². The second-order valence-electron chi connectivity index (χ2n) is 5.77. The highest BCUT2D eigenvalue weighted by Crippen LogP contribution is 2.26. The maximum atomic E-state index is 5.33. The normalized spacial score (nSPS) is 10.5. The predicted octanol–water partition coefficient (Wildman–Crippen LogP) is 4.88. The summed E-state index contributed by atoms with van der Waals surface area (Å²) in [4.78, 5) is 14.1. The molecule has 0 N–H and O–H groups in total. The average molecular weight is 339 g/mol. The van der Waals surface area contributed by atoms with Gasteiger partial charge in [0, 0.05) is 16.7 Å². The molecule has 126 valence electrons. The van der Waals surface area contributed by atoms with Crippen LogP contribution in [-0.4, -0.2) is 22.1 Å². The van der Waals surface area contributed by atoms with Crippen molar-refractivity contribution in [1.29, 1.82) is 0 Å². The van der Waals surface area contributed by atoms with Gasteiger partial charge >= 0.3 is 0 Å². The van der Waals surface area contributed by atoms with Gasteiger partial charge in [-0.3, -0.25) is 0 Å². The first-order chi connectivity index (χ1) is 12.8. The van der Waals surface area contributed by atoms with Crippen LogP contribution in [0.2, 0.25) is 0 Å². The molecule has 0 amide bonds. The van der Waals surface area contributed by atoms with Gasteiger partial charge in [0.1, 0.15) is 5.75 Å². The SMILES string of the molecule is COc1cccc(-c2nc(-c3ccccc3)nc(-c3ccccc3)n2)c1. The third-order valence-electron chi connectivity index (χ3n) is 4.03. The molecule has 0 radical (unpaired) electrons. The Morgan fingerprint density at radius 3 is 1.50 bits per heavy atom. The molecule has 0 fully saturated rings. The van der Waals surface area contributed by atoms with E-state index >= 15 is 0 Å². The van der Waals surface area contributed by atoms with Crippen molar-refractivity contribution in [3.8, 4) is 39.9 Å². The molecular weight excluding hydrogens is 322 g/mol. The van der Waals surface area contributed by atoms with E-state index in [1.54, 1.807) is 7.11 Å². The maximum Gasteiger partial charge on any atom is 0.164 e. The van der Waals surface area contributed by atoms with Crippen LogP contribution in [0.15, 0.2) is 84.9 Å². The van der Waals surface area contributed by atoms with Crippen LogP contribution in [0, 0.1) is 0 Å². The van der Waals surface area contributed by atoms with E-state index in [0.29, 0.717) is 17.5 Å². The monoisotopic (exact) mass is 339 g/mol. The maximum absolute atomic E-state index is 5.33. The van der Waals surface area contributed by atoms with E-state index in [9.17, 15) is 0 Å². The van der Waals surface area contributed by atoms with Crippen LogP contribution in [-0.2, 0) is 0 Å². The van der Waals surface area contributed by atoms with Crippen molar-refractivity contribution in [2.45, 2.75) is 0 Å². The summed E-state index contributed by atoms with van der Waals surface area (Å²) in [7, 11) is 1.65. The molecule has 4 rings (SSSR count). The number of nitrogens with zero attached hydrogens (tertiary/aromatic N) is 3. The molecule has 4 heteroatoms. The first-order valence-corrected chi connectivity index (χ1v) is 8.35. The van der Waals surface area contributed by atoms with Gasteiger partial charge in [0.2, 0.25) is 0 Å². The number of hydrogen-bond acceptors (Lipinski definition) is 4. The largest absolute Gasteiger partial charge is 0.497 e. The number of benzene rings is 3. The summed E-state index contributed by atoms with van der Waals surface area (Å²) < 4.78 is 5.33. The van der Waals surface area contributed by atoms with Crippen molar-refractivity contribution in [1.82, 2.24) is 15.0 Å². The lowest BCUT2D eigenvalue weighted by molar-refractivity contribution is 0.415. The van der Waals surface area contributed by atoms with Crippen LogP contribution in [0.5, 0.6) is 5.75 Å². The van der Waals surface area contributed by atoms with Crippen molar-refractivity contribution in [2.24, 2.45) is 0 Å². The summed E-state index contributed by atoms with van der Waals surface area (Å²) in [5, 5.41) is 0. The first-order valence-electron chi connectivity index (χ1n) is 8.35. The van der Waals surface area contributed by atoms with Gasteiger partial charge in [-0.25, -0.2) is 15.0 Å². The molecule has 0 aliphatic heterocycles. The van der Waals surface area contributed by atoms with Crippen LogP contribution >= 0.6 is 0 Å². The molecule has 0 saturated heterocycles. The highest BCUT2D eigenvalue weighted by atomic mass is 16.5. The summed E-state index contributed by atoms with van der Waals surface area (Å²) in [5.41, 5.74) is 2.80. The zero-order chi connectivity index (χ0) is 17.8. The van der Waals surface area contributed by atoms with E-state index < -0.39 is 0 Å². The average Bonchev–Trinajstić information content (AvgIpc) is 2.75.